The number of anilines is 1. The smallest absolute Gasteiger partial charge is 0.351 e. The number of carbonyl (C=O) groups is 1. The van der Waals surface area contributed by atoms with Crippen LogP contribution in [0.25, 0.3) is 0 Å². The fraction of sp³-hybridized carbons (Fsp3) is 0.333. The highest BCUT2D eigenvalue weighted by Crippen LogP contribution is 2.33. The molecule has 1 aliphatic heterocycles. The number of benzene rings is 1. The van der Waals surface area contributed by atoms with Gasteiger partial charge in [0.15, 0.2) is 15.2 Å². The standard InChI is InChI=1S/C15H14Cl2N2O3S/c1-21-14(20)12-13(17)18-15(23-12)19-6-5-11(8-19)22-10-4-2-3-9(16)7-10/h2-4,7,11H,5-6,8H2,1H3. The predicted molar refractivity (Wildman–Crippen MR) is 91.2 cm³/mol. The van der Waals surface area contributed by atoms with Gasteiger partial charge in [0.25, 0.3) is 0 Å². The Morgan fingerprint density at radius 1 is 1.43 bits per heavy atom. The summed E-state index contributed by atoms with van der Waals surface area (Å²) < 4.78 is 10.6. The second-order valence-electron chi connectivity index (χ2n) is 5.04. The minimum Gasteiger partial charge on any atom is -0.488 e. The van der Waals surface area contributed by atoms with E-state index < -0.39 is 5.97 Å². The lowest BCUT2D eigenvalue weighted by molar-refractivity contribution is 0.0606. The average Bonchev–Trinajstić information content (AvgIpc) is 3.13. The molecule has 0 N–H and O–H groups in total. The van der Waals surface area contributed by atoms with Crippen LogP contribution in [0.3, 0.4) is 0 Å². The number of esters is 1. The zero-order valence-corrected chi connectivity index (χ0v) is 14.6. The molecular weight excluding hydrogens is 359 g/mol. The van der Waals surface area contributed by atoms with Crippen LogP contribution in [-0.4, -0.2) is 37.3 Å². The SMILES string of the molecule is COC(=O)c1sc(N2CCC(Oc3cccc(Cl)c3)C2)nc1Cl. The van der Waals surface area contributed by atoms with Crippen molar-refractivity contribution in [3.8, 4) is 5.75 Å². The molecule has 0 spiro atoms. The molecule has 2 heterocycles. The maximum absolute atomic E-state index is 11.6. The predicted octanol–water partition coefficient (Wildman–Crippen LogP) is 3.89. The molecule has 23 heavy (non-hydrogen) atoms. The topological polar surface area (TPSA) is 51.7 Å². The first-order chi connectivity index (χ1) is 11.1. The number of methoxy groups -OCH3 is 1. The Hall–Kier alpha value is -1.50. The maximum atomic E-state index is 11.6. The quantitative estimate of drug-likeness (QED) is 0.761. The first kappa shape index (κ1) is 16.4. The monoisotopic (exact) mass is 372 g/mol. The molecule has 1 saturated heterocycles. The molecule has 1 atom stereocenters. The van der Waals surface area contributed by atoms with E-state index >= 15 is 0 Å². The van der Waals surface area contributed by atoms with Gasteiger partial charge < -0.3 is 14.4 Å². The second-order valence-corrected chi connectivity index (χ2v) is 6.81. The van der Waals surface area contributed by atoms with Crippen LogP contribution in [0.1, 0.15) is 16.1 Å². The van der Waals surface area contributed by atoms with Gasteiger partial charge in [-0.15, -0.1) is 0 Å². The molecule has 1 aliphatic rings. The molecule has 0 radical (unpaired) electrons. The lowest BCUT2D eigenvalue weighted by Gasteiger charge is -2.16. The van der Waals surface area contributed by atoms with Gasteiger partial charge in [-0.1, -0.05) is 40.6 Å². The summed E-state index contributed by atoms with van der Waals surface area (Å²) in [6.07, 6.45) is 0.898. The van der Waals surface area contributed by atoms with Gasteiger partial charge in [0.2, 0.25) is 0 Å². The van der Waals surface area contributed by atoms with Gasteiger partial charge in [-0.3, -0.25) is 0 Å². The first-order valence-corrected chi connectivity index (χ1v) is 8.56. The fourth-order valence-electron chi connectivity index (χ4n) is 2.38. The van der Waals surface area contributed by atoms with Crippen LogP contribution in [0.2, 0.25) is 10.2 Å². The van der Waals surface area contributed by atoms with E-state index in [2.05, 4.69) is 9.88 Å². The summed E-state index contributed by atoms with van der Waals surface area (Å²) in [6, 6.07) is 7.33. The van der Waals surface area contributed by atoms with E-state index in [1.807, 2.05) is 12.1 Å². The van der Waals surface area contributed by atoms with Crippen LogP contribution >= 0.6 is 34.5 Å². The van der Waals surface area contributed by atoms with E-state index in [0.717, 1.165) is 18.7 Å². The van der Waals surface area contributed by atoms with Gasteiger partial charge in [0.05, 0.1) is 13.7 Å². The van der Waals surface area contributed by atoms with Crippen LogP contribution in [0.15, 0.2) is 24.3 Å². The molecule has 1 aromatic carbocycles. The zero-order valence-electron chi connectivity index (χ0n) is 12.3. The molecule has 0 saturated carbocycles. The van der Waals surface area contributed by atoms with E-state index in [4.69, 9.17) is 32.7 Å². The highest BCUT2D eigenvalue weighted by molar-refractivity contribution is 7.18. The van der Waals surface area contributed by atoms with E-state index in [1.165, 1.54) is 18.4 Å². The molecule has 2 aromatic rings. The number of carbonyl (C=O) groups excluding carboxylic acids is 1. The average molecular weight is 373 g/mol. The van der Waals surface area contributed by atoms with Gasteiger partial charge in [0, 0.05) is 18.0 Å². The molecule has 5 nitrogen and oxygen atoms in total. The molecule has 122 valence electrons. The first-order valence-electron chi connectivity index (χ1n) is 6.98. The summed E-state index contributed by atoms with van der Waals surface area (Å²) in [5, 5.41) is 1.52. The van der Waals surface area contributed by atoms with Crippen molar-refractivity contribution < 1.29 is 14.3 Å². The summed E-state index contributed by atoms with van der Waals surface area (Å²) in [5.41, 5.74) is 0. The van der Waals surface area contributed by atoms with E-state index in [9.17, 15) is 4.79 Å². The third kappa shape index (κ3) is 3.71. The van der Waals surface area contributed by atoms with Crippen molar-refractivity contribution in [3.63, 3.8) is 0 Å². The Balaban J connectivity index is 1.67. The van der Waals surface area contributed by atoms with Gasteiger partial charge in [-0.2, -0.15) is 0 Å². The van der Waals surface area contributed by atoms with Crippen molar-refractivity contribution in [1.82, 2.24) is 4.98 Å². The number of ether oxygens (including phenoxy) is 2. The fourth-order valence-corrected chi connectivity index (χ4v) is 3.79. The van der Waals surface area contributed by atoms with Gasteiger partial charge in [-0.25, -0.2) is 9.78 Å². The van der Waals surface area contributed by atoms with Gasteiger partial charge in [0.1, 0.15) is 11.9 Å². The third-order valence-electron chi connectivity index (χ3n) is 3.46. The molecule has 0 bridgehead atoms. The van der Waals surface area contributed by atoms with Crippen LogP contribution in [0.5, 0.6) is 5.75 Å². The normalized spacial score (nSPS) is 17.3. The summed E-state index contributed by atoms with van der Waals surface area (Å²) >= 11 is 13.2. The van der Waals surface area contributed by atoms with Crippen LogP contribution < -0.4 is 9.64 Å². The van der Waals surface area contributed by atoms with Crippen molar-refractivity contribution in [2.75, 3.05) is 25.1 Å². The Kier molecular flexibility index (Phi) is 4.94. The number of hydrogen-bond donors (Lipinski definition) is 0. The van der Waals surface area contributed by atoms with Crippen molar-refractivity contribution in [1.29, 1.82) is 0 Å². The van der Waals surface area contributed by atoms with E-state index in [1.54, 1.807) is 12.1 Å². The Bertz CT molecular complexity index is 722. The zero-order chi connectivity index (χ0) is 16.4. The molecule has 8 heteroatoms. The highest BCUT2D eigenvalue weighted by Gasteiger charge is 2.28. The largest absolute Gasteiger partial charge is 0.488 e. The van der Waals surface area contributed by atoms with Gasteiger partial charge >= 0.3 is 5.97 Å². The molecule has 0 amide bonds. The van der Waals surface area contributed by atoms with Crippen molar-refractivity contribution in [2.45, 2.75) is 12.5 Å². The van der Waals surface area contributed by atoms with Crippen molar-refractivity contribution in [3.05, 3.63) is 39.3 Å². The van der Waals surface area contributed by atoms with Gasteiger partial charge in [-0.05, 0) is 18.2 Å². The molecule has 1 aromatic heterocycles. The van der Waals surface area contributed by atoms with Crippen molar-refractivity contribution in [2.24, 2.45) is 0 Å². The van der Waals surface area contributed by atoms with Crippen LogP contribution in [0, 0.1) is 0 Å². The van der Waals surface area contributed by atoms with Crippen LogP contribution in [0.4, 0.5) is 5.13 Å². The lowest BCUT2D eigenvalue weighted by Crippen LogP contribution is -2.24. The number of hydrogen-bond acceptors (Lipinski definition) is 6. The molecule has 3 rings (SSSR count). The number of aromatic nitrogens is 1. The Morgan fingerprint density at radius 3 is 3.00 bits per heavy atom. The molecule has 1 fully saturated rings. The summed E-state index contributed by atoms with van der Waals surface area (Å²) in [5.74, 6) is 0.279. The minimum absolute atomic E-state index is 0.0396. The molecular formula is C15H14Cl2N2O3S. The third-order valence-corrected chi connectivity index (χ3v) is 5.18. The number of nitrogens with zero attached hydrogens (tertiary/aromatic N) is 2. The second kappa shape index (κ2) is 6.95. The summed E-state index contributed by atoms with van der Waals surface area (Å²) in [4.78, 5) is 18.2. The van der Waals surface area contributed by atoms with E-state index in [-0.39, 0.29) is 11.3 Å². The summed E-state index contributed by atoms with van der Waals surface area (Å²) in [6.45, 7) is 1.46. The molecule has 1 unspecified atom stereocenters. The molecule has 0 aliphatic carbocycles. The van der Waals surface area contributed by atoms with Crippen LogP contribution in [-0.2, 0) is 4.74 Å². The lowest BCUT2D eigenvalue weighted by atomic mass is 10.3. The van der Waals surface area contributed by atoms with Crippen molar-refractivity contribution >= 4 is 45.6 Å². The number of thiazole rings is 1. The maximum Gasteiger partial charge on any atom is 0.351 e. The highest BCUT2D eigenvalue weighted by atomic mass is 35.5. The minimum atomic E-state index is -0.468. The summed E-state index contributed by atoms with van der Waals surface area (Å²) in [7, 11) is 1.32. The number of rotatable bonds is 4. The number of halogens is 2. The Morgan fingerprint density at radius 2 is 2.26 bits per heavy atom. The van der Waals surface area contributed by atoms with E-state index in [0.29, 0.717) is 21.6 Å². The Labute approximate surface area is 147 Å².